The van der Waals surface area contributed by atoms with E-state index in [1.54, 1.807) is 6.92 Å². The number of carbonyl (C=O) groups is 5. The minimum Gasteiger partial charge on any atom is -0.503 e. The Labute approximate surface area is 299 Å². The molecule has 4 aliphatic rings. The van der Waals surface area contributed by atoms with Crippen molar-refractivity contribution in [1.29, 1.82) is 0 Å². The van der Waals surface area contributed by atoms with E-state index < -0.39 is 52.2 Å². The maximum Gasteiger partial charge on any atom is 0.352 e. The molecular formula is C33H39N6O10S2+. The van der Waals surface area contributed by atoms with Crippen LogP contribution >= 0.6 is 23.1 Å². The minimum absolute atomic E-state index is 0.0588. The lowest BCUT2D eigenvalue weighted by atomic mass is 9.84. The Morgan fingerprint density at radius 3 is 2.47 bits per heavy atom. The number of piperidine rings is 1. The molecule has 6 rings (SSSR count). The second kappa shape index (κ2) is 14.2. The van der Waals surface area contributed by atoms with Gasteiger partial charge in [-0.15, -0.1) is 23.1 Å². The summed E-state index contributed by atoms with van der Waals surface area (Å²) in [6, 6.07) is 1.47. The summed E-state index contributed by atoms with van der Waals surface area (Å²) < 4.78 is 0.605. The molecule has 2 bridgehead atoms. The lowest BCUT2D eigenvalue weighted by Gasteiger charge is -2.52. The second-order valence-corrected chi connectivity index (χ2v) is 15.7. The number of hydrogen-bond acceptors (Lipinski definition) is 13. The highest BCUT2D eigenvalue weighted by molar-refractivity contribution is 8.00. The molecule has 51 heavy (non-hydrogen) atoms. The molecule has 0 aromatic carbocycles. The van der Waals surface area contributed by atoms with Crippen LogP contribution in [-0.4, -0.2) is 113 Å². The topological polar surface area (TPSA) is 243 Å². The minimum atomic E-state index is -1.30. The third-order valence-corrected chi connectivity index (χ3v) is 12.7. The molecule has 3 fully saturated rings. The second-order valence-electron chi connectivity index (χ2n) is 13.7. The highest BCUT2D eigenvalue weighted by Gasteiger charge is 2.57. The van der Waals surface area contributed by atoms with E-state index in [9.17, 15) is 44.1 Å². The van der Waals surface area contributed by atoms with E-state index in [2.05, 4.69) is 22.2 Å². The summed E-state index contributed by atoms with van der Waals surface area (Å²) in [5.41, 5.74) is 5.70. The molecule has 6 heterocycles. The number of pyridine rings is 1. The number of β-lactam (4-membered cyclic amide) rings is 1. The van der Waals surface area contributed by atoms with Gasteiger partial charge in [-0.25, -0.2) is 14.6 Å². The third kappa shape index (κ3) is 6.91. The molecule has 4 aliphatic heterocycles. The van der Waals surface area contributed by atoms with Crippen LogP contribution in [0.3, 0.4) is 0 Å². The number of H-pyrrole nitrogens is 1. The first-order valence-electron chi connectivity index (χ1n) is 16.6. The quantitative estimate of drug-likeness (QED) is 0.0614. The van der Waals surface area contributed by atoms with Crippen LogP contribution in [0.4, 0.5) is 5.13 Å². The number of quaternary nitrogens is 1. The largest absolute Gasteiger partial charge is 0.503 e. The number of anilines is 1. The number of aromatic amines is 1. The monoisotopic (exact) mass is 743 g/mol. The number of aromatic nitrogens is 2. The van der Waals surface area contributed by atoms with Gasteiger partial charge in [-0.1, -0.05) is 12.1 Å². The number of hydrogen-bond donors (Lipinski definition) is 5. The van der Waals surface area contributed by atoms with E-state index in [0.29, 0.717) is 22.4 Å². The predicted molar refractivity (Wildman–Crippen MR) is 185 cm³/mol. The van der Waals surface area contributed by atoms with Crippen LogP contribution < -0.4 is 11.2 Å². The number of nitrogens with two attached hydrogens (primary N) is 1. The van der Waals surface area contributed by atoms with Gasteiger partial charge >= 0.3 is 11.9 Å². The zero-order valence-electron chi connectivity index (χ0n) is 27.9. The summed E-state index contributed by atoms with van der Waals surface area (Å²) in [4.78, 5) is 89.3. The van der Waals surface area contributed by atoms with Crippen LogP contribution in [0.2, 0.25) is 0 Å². The Hall–Kier alpha value is -4.55. The number of oxime groups is 1. The first kappa shape index (κ1) is 36.2. The molecule has 0 radical (unpaired) electrons. The van der Waals surface area contributed by atoms with Gasteiger partial charge in [0.05, 0.1) is 36.1 Å². The van der Waals surface area contributed by atoms with Crippen molar-refractivity contribution < 1.29 is 48.6 Å². The molecule has 2 aromatic rings. The van der Waals surface area contributed by atoms with Crippen LogP contribution in [0.15, 0.2) is 38.9 Å². The molecule has 16 nitrogen and oxygen atoms in total. The van der Waals surface area contributed by atoms with E-state index in [4.69, 9.17) is 10.6 Å². The summed E-state index contributed by atoms with van der Waals surface area (Å²) in [5.74, 6) is -4.63. The summed E-state index contributed by atoms with van der Waals surface area (Å²) in [6.45, 7) is 2.02. The van der Waals surface area contributed by atoms with Crippen molar-refractivity contribution in [1.82, 2.24) is 14.9 Å². The van der Waals surface area contributed by atoms with Crippen molar-refractivity contribution in [2.45, 2.75) is 75.4 Å². The Balaban J connectivity index is 1.15. The van der Waals surface area contributed by atoms with Gasteiger partial charge in [-0.3, -0.25) is 24.1 Å². The number of Topliss-reactive ketones (excluding diaryl/α,β-unsaturated/α-hetero) is 2. The van der Waals surface area contributed by atoms with Crippen molar-refractivity contribution in [2.24, 2.45) is 17.0 Å². The average molecular weight is 744 g/mol. The maximum atomic E-state index is 13.6. The van der Waals surface area contributed by atoms with Gasteiger partial charge in [-0.05, 0) is 12.3 Å². The van der Waals surface area contributed by atoms with Crippen molar-refractivity contribution in [3.8, 4) is 5.75 Å². The normalized spacial score (nSPS) is 27.8. The number of ketones is 2. The summed E-state index contributed by atoms with van der Waals surface area (Å²) in [5, 5.41) is 34.1. The standard InChI is InChI=1S/C33H38N6O10S2/c1-3-26(31(45)46)49-37-27(21-14-51-33(34)36-21)24(42)9-19-29(44)38-28(32(47)48)16(13-50-30(19)38)12-39(2)17-4-5-18(39)7-15(6-17)8-22(40)20-10-23(41)25(43)11-35-20/h10-11,14-15,17-19,26,30H,3-9,12-13H2,1-2H3,(H5-,34,35,36,37,40,41,42,43,45,46,47,48)/p+1/t15?,17-,18+,19-,26+,30-,39?/m1/s1. The SMILES string of the molecule is CC[C@H](O/N=C(\C(=O)C[C@@H]1C(=O)N2C(C(=O)O)=C(C[N+]3(C)[C@@H]4CC[C@H]3CC(CC(=O)c3cc(=O)c(O)c[nH]3)C4)CS[C@H]12)c1csc(N)n1)C(=O)O. The molecule has 1 amide bonds. The first-order valence-corrected chi connectivity index (χ1v) is 18.6. The first-order chi connectivity index (χ1) is 24.2. The predicted octanol–water partition coefficient (Wildman–Crippen LogP) is 2.19. The highest BCUT2D eigenvalue weighted by Crippen LogP contribution is 2.49. The lowest BCUT2D eigenvalue weighted by Crippen LogP contribution is -2.63. The number of likely N-dealkylation sites (N-methyl/N-ethyl adjacent to an activating group) is 1. The number of carboxylic acid groups (broad SMARTS) is 2. The summed E-state index contributed by atoms with van der Waals surface area (Å²) >= 11 is 2.45. The molecule has 18 heteroatoms. The Morgan fingerprint density at radius 2 is 1.88 bits per heavy atom. The van der Waals surface area contributed by atoms with Crippen LogP contribution in [0.5, 0.6) is 5.75 Å². The van der Waals surface area contributed by atoms with Gasteiger partial charge in [0.1, 0.15) is 17.9 Å². The summed E-state index contributed by atoms with van der Waals surface area (Å²) in [6.07, 6.45) is 3.19. The number of fused-ring (bicyclic) bond motifs is 3. The highest BCUT2D eigenvalue weighted by atomic mass is 32.2. The van der Waals surface area contributed by atoms with Gasteiger partial charge < -0.3 is 35.4 Å². The fraction of sp³-hybridized carbons (Fsp3) is 0.515. The molecule has 272 valence electrons. The molecule has 0 spiro atoms. The lowest BCUT2D eigenvalue weighted by molar-refractivity contribution is -0.945. The van der Waals surface area contributed by atoms with Crippen LogP contribution in [0, 0.1) is 11.8 Å². The van der Waals surface area contributed by atoms with Gasteiger partial charge in [0.15, 0.2) is 28.2 Å². The maximum absolute atomic E-state index is 13.6. The third-order valence-electron chi connectivity index (χ3n) is 10.6. The van der Waals surface area contributed by atoms with E-state index in [-0.39, 0.29) is 71.0 Å². The zero-order chi connectivity index (χ0) is 36.8. The molecule has 3 saturated heterocycles. The molecule has 2 unspecified atom stereocenters. The van der Waals surface area contributed by atoms with Crippen molar-refractivity contribution >= 4 is 63.4 Å². The fourth-order valence-electron chi connectivity index (χ4n) is 7.97. The smallest absolute Gasteiger partial charge is 0.352 e. The average Bonchev–Trinajstić information content (AvgIpc) is 3.55. The number of aromatic hydroxyl groups is 1. The number of carboxylic acids is 2. The Morgan fingerprint density at radius 1 is 1.18 bits per heavy atom. The molecule has 2 aromatic heterocycles. The number of carbonyl (C=O) groups excluding carboxylic acids is 3. The van der Waals surface area contributed by atoms with E-state index in [1.165, 1.54) is 22.0 Å². The van der Waals surface area contributed by atoms with Crippen LogP contribution in [0.25, 0.3) is 0 Å². The number of thioether (sulfide) groups is 1. The van der Waals surface area contributed by atoms with Gasteiger partial charge in [0.25, 0.3) is 0 Å². The van der Waals surface area contributed by atoms with Crippen LogP contribution in [-0.2, 0) is 24.0 Å². The van der Waals surface area contributed by atoms with E-state index in [0.717, 1.165) is 49.3 Å². The van der Waals surface area contributed by atoms with Gasteiger partial charge in [-0.2, -0.15) is 0 Å². The Kier molecular flexibility index (Phi) is 10.1. The number of amides is 1. The van der Waals surface area contributed by atoms with Crippen molar-refractivity contribution in [2.75, 3.05) is 25.1 Å². The number of aliphatic carboxylic acids is 2. The van der Waals surface area contributed by atoms with Gasteiger partial charge in [0.2, 0.25) is 17.4 Å². The molecular weight excluding hydrogens is 705 g/mol. The molecule has 7 atom stereocenters. The van der Waals surface area contributed by atoms with Gasteiger partial charge in [0, 0.05) is 67.5 Å². The van der Waals surface area contributed by atoms with E-state index in [1.807, 2.05) is 0 Å². The fourth-order valence-corrected chi connectivity index (χ4v) is 9.92. The number of nitrogens with zero attached hydrogens (tertiary/aromatic N) is 4. The number of rotatable bonds is 14. The van der Waals surface area contributed by atoms with Crippen molar-refractivity contribution in [3.05, 3.63) is 50.5 Å². The summed E-state index contributed by atoms with van der Waals surface area (Å²) in [7, 11) is 2.11. The number of nitrogen functional groups attached to an aromatic ring is 1. The molecule has 6 N–H and O–H groups in total. The number of thiazole rings is 1. The van der Waals surface area contributed by atoms with E-state index >= 15 is 0 Å². The zero-order valence-corrected chi connectivity index (χ0v) is 29.6. The van der Waals surface area contributed by atoms with Crippen molar-refractivity contribution in [3.63, 3.8) is 0 Å². The molecule has 0 saturated carbocycles. The molecule has 0 aliphatic carbocycles. The Bertz CT molecular complexity index is 1890. The van der Waals surface area contributed by atoms with Crippen LogP contribution in [0.1, 0.15) is 68.1 Å². The number of nitrogens with one attached hydrogen (secondary N) is 1.